The van der Waals surface area contributed by atoms with E-state index in [4.69, 9.17) is 9.47 Å². The second-order valence-corrected chi connectivity index (χ2v) is 7.25. The summed E-state index contributed by atoms with van der Waals surface area (Å²) < 4.78 is 51.7. The molecule has 0 unspecified atom stereocenters. The number of carbonyl (C=O) groups excluding carboxylic acids is 1. The molecule has 0 fully saturated rings. The minimum atomic E-state index is -4.75. The van der Waals surface area contributed by atoms with Crippen molar-refractivity contribution in [1.29, 1.82) is 0 Å². The van der Waals surface area contributed by atoms with Gasteiger partial charge in [0.2, 0.25) is 5.95 Å². The fourth-order valence-corrected chi connectivity index (χ4v) is 3.03. The van der Waals surface area contributed by atoms with Gasteiger partial charge in [0.05, 0.1) is 13.7 Å². The molecular formula is C24H24F3N3O4. The van der Waals surface area contributed by atoms with Gasteiger partial charge in [-0.2, -0.15) is 0 Å². The molecule has 0 spiro atoms. The molecule has 1 heterocycles. The Morgan fingerprint density at radius 3 is 2.50 bits per heavy atom. The smallest absolute Gasteiger partial charge is 0.493 e. The van der Waals surface area contributed by atoms with Crippen LogP contribution in [0.5, 0.6) is 11.5 Å². The zero-order chi connectivity index (χ0) is 24.6. The minimum Gasteiger partial charge on any atom is -0.493 e. The molecule has 34 heavy (non-hydrogen) atoms. The summed E-state index contributed by atoms with van der Waals surface area (Å²) in [6, 6.07) is 10.8. The standard InChI is InChI=1S/C24H24F3N3O4/c1-3-4-10-33-21-9-8-17(12-20(21)22(31)32-2)18-14-29-23(30-15-18)28-13-16-6-5-7-19(11-16)34-24(25,26)27/h5-9,11-12,14-15H,3-4,10,13H2,1-2H3,(H,28,29,30). The van der Waals surface area contributed by atoms with Crippen LogP contribution in [0.15, 0.2) is 54.9 Å². The van der Waals surface area contributed by atoms with Crippen LogP contribution in [0.1, 0.15) is 35.7 Å². The maximum Gasteiger partial charge on any atom is 0.573 e. The van der Waals surface area contributed by atoms with Gasteiger partial charge in [0.25, 0.3) is 0 Å². The van der Waals surface area contributed by atoms with Crippen molar-refractivity contribution in [1.82, 2.24) is 9.97 Å². The van der Waals surface area contributed by atoms with Crippen molar-refractivity contribution in [2.45, 2.75) is 32.7 Å². The second-order valence-electron chi connectivity index (χ2n) is 7.25. The molecule has 0 atom stereocenters. The number of nitrogens with zero attached hydrogens (tertiary/aromatic N) is 2. The molecule has 0 amide bonds. The predicted octanol–water partition coefficient (Wildman–Crippen LogP) is 5.62. The Bertz CT molecular complexity index is 1110. The van der Waals surface area contributed by atoms with Crippen LogP contribution in [0.3, 0.4) is 0 Å². The largest absolute Gasteiger partial charge is 0.573 e. The lowest BCUT2D eigenvalue weighted by Gasteiger charge is -2.12. The maximum absolute atomic E-state index is 12.4. The molecule has 0 radical (unpaired) electrons. The third-order valence-corrected chi connectivity index (χ3v) is 4.71. The topological polar surface area (TPSA) is 82.6 Å². The second kappa shape index (κ2) is 11.4. The maximum atomic E-state index is 12.4. The highest BCUT2D eigenvalue weighted by molar-refractivity contribution is 5.94. The molecule has 3 aromatic rings. The van der Waals surface area contributed by atoms with Crippen molar-refractivity contribution >= 4 is 11.9 Å². The fourth-order valence-electron chi connectivity index (χ4n) is 3.03. The number of unbranched alkanes of at least 4 members (excludes halogenated alkanes) is 1. The highest BCUT2D eigenvalue weighted by atomic mass is 19.4. The van der Waals surface area contributed by atoms with Gasteiger partial charge in [0.1, 0.15) is 17.1 Å². The molecule has 2 aromatic carbocycles. The normalized spacial score (nSPS) is 11.1. The lowest BCUT2D eigenvalue weighted by Crippen LogP contribution is -2.17. The SMILES string of the molecule is CCCCOc1ccc(-c2cnc(NCc3cccc(OC(F)(F)F)c3)nc2)cc1C(=O)OC. The van der Waals surface area contributed by atoms with Crippen LogP contribution in [0.2, 0.25) is 0 Å². The van der Waals surface area contributed by atoms with E-state index in [9.17, 15) is 18.0 Å². The number of anilines is 1. The van der Waals surface area contributed by atoms with E-state index in [-0.39, 0.29) is 12.3 Å². The van der Waals surface area contributed by atoms with Gasteiger partial charge in [0.15, 0.2) is 0 Å². The lowest BCUT2D eigenvalue weighted by molar-refractivity contribution is -0.274. The first-order valence-electron chi connectivity index (χ1n) is 10.5. The van der Waals surface area contributed by atoms with Crippen molar-refractivity contribution < 1.29 is 32.2 Å². The highest BCUT2D eigenvalue weighted by Crippen LogP contribution is 2.28. The summed E-state index contributed by atoms with van der Waals surface area (Å²) in [5.41, 5.74) is 2.23. The van der Waals surface area contributed by atoms with Crippen LogP contribution in [-0.4, -0.2) is 36.0 Å². The van der Waals surface area contributed by atoms with Crippen molar-refractivity contribution in [2.24, 2.45) is 0 Å². The average Bonchev–Trinajstić information content (AvgIpc) is 2.82. The molecule has 180 valence electrons. The Kier molecular flexibility index (Phi) is 8.29. The third-order valence-electron chi connectivity index (χ3n) is 4.71. The molecule has 7 nitrogen and oxygen atoms in total. The van der Waals surface area contributed by atoms with Crippen molar-refractivity contribution in [3.05, 3.63) is 66.0 Å². The van der Waals surface area contributed by atoms with Crippen molar-refractivity contribution in [3.8, 4) is 22.6 Å². The molecule has 0 saturated carbocycles. The first-order chi connectivity index (χ1) is 16.3. The zero-order valence-electron chi connectivity index (χ0n) is 18.7. The Labute approximate surface area is 194 Å². The highest BCUT2D eigenvalue weighted by Gasteiger charge is 2.31. The lowest BCUT2D eigenvalue weighted by atomic mass is 10.0. The quantitative estimate of drug-likeness (QED) is 0.301. The molecule has 1 aromatic heterocycles. The van der Waals surface area contributed by atoms with Gasteiger partial charge in [-0.1, -0.05) is 31.5 Å². The van der Waals surface area contributed by atoms with Crippen molar-refractivity contribution in [2.75, 3.05) is 19.0 Å². The van der Waals surface area contributed by atoms with E-state index in [0.717, 1.165) is 12.8 Å². The number of ether oxygens (including phenoxy) is 3. The number of nitrogens with one attached hydrogen (secondary N) is 1. The van der Waals surface area contributed by atoms with E-state index in [1.807, 2.05) is 6.92 Å². The number of aromatic nitrogens is 2. The van der Waals surface area contributed by atoms with Crippen LogP contribution < -0.4 is 14.8 Å². The van der Waals surface area contributed by atoms with Crippen LogP contribution in [-0.2, 0) is 11.3 Å². The van der Waals surface area contributed by atoms with Gasteiger partial charge >= 0.3 is 12.3 Å². The number of rotatable bonds is 10. The number of hydrogen-bond donors (Lipinski definition) is 1. The molecular weight excluding hydrogens is 451 g/mol. The number of alkyl halides is 3. The van der Waals surface area contributed by atoms with Gasteiger partial charge in [-0.3, -0.25) is 0 Å². The zero-order valence-corrected chi connectivity index (χ0v) is 18.7. The third kappa shape index (κ3) is 7.09. The molecule has 3 rings (SSSR count). The molecule has 0 aliphatic carbocycles. The van der Waals surface area contributed by atoms with E-state index < -0.39 is 12.3 Å². The summed E-state index contributed by atoms with van der Waals surface area (Å²) in [7, 11) is 1.30. The number of benzene rings is 2. The van der Waals surface area contributed by atoms with E-state index in [1.54, 1.807) is 36.7 Å². The van der Waals surface area contributed by atoms with Gasteiger partial charge in [-0.15, -0.1) is 13.2 Å². The van der Waals surface area contributed by atoms with Crippen LogP contribution in [0.25, 0.3) is 11.1 Å². The molecule has 0 saturated heterocycles. The minimum absolute atomic E-state index is 0.199. The van der Waals surface area contributed by atoms with E-state index in [0.29, 0.717) is 40.6 Å². The van der Waals surface area contributed by atoms with Gasteiger partial charge in [-0.25, -0.2) is 14.8 Å². The molecule has 1 N–H and O–H groups in total. The van der Waals surface area contributed by atoms with Crippen LogP contribution in [0.4, 0.5) is 19.1 Å². The monoisotopic (exact) mass is 475 g/mol. The average molecular weight is 475 g/mol. The number of methoxy groups -OCH3 is 1. The summed E-state index contributed by atoms with van der Waals surface area (Å²) >= 11 is 0. The molecule has 10 heteroatoms. The summed E-state index contributed by atoms with van der Waals surface area (Å²) in [6.07, 6.45) is 0.234. The number of hydrogen-bond acceptors (Lipinski definition) is 7. The van der Waals surface area contributed by atoms with Gasteiger partial charge in [0, 0.05) is 24.5 Å². The Morgan fingerprint density at radius 1 is 1.06 bits per heavy atom. The molecule has 0 aliphatic rings. The first kappa shape index (κ1) is 24.8. The summed E-state index contributed by atoms with van der Waals surface area (Å²) in [5.74, 6) is -0.0746. The summed E-state index contributed by atoms with van der Waals surface area (Å²) in [4.78, 5) is 20.7. The Morgan fingerprint density at radius 2 is 1.82 bits per heavy atom. The van der Waals surface area contributed by atoms with Crippen LogP contribution >= 0.6 is 0 Å². The number of esters is 1. The molecule has 0 aliphatic heterocycles. The van der Waals surface area contributed by atoms with Crippen LogP contribution in [0, 0.1) is 0 Å². The van der Waals surface area contributed by atoms with E-state index in [1.165, 1.54) is 25.3 Å². The van der Waals surface area contributed by atoms with Gasteiger partial charge < -0.3 is 19.5 Å². The summed E-state index contributed by atoms with van der Waals surface area (Å²) in [5, 5.41) is 2.95. The number of carbonyl (C=O) groups is 1. The van der Waals surface area contributed by atoms with Crippen molar-refractivity contribution in [3.63, 3.8) is 0 Å². The Balaban J connectivity index is 1.69. The first-order valence-corrected chi connectivity index (χ1v) is 10.5. The Hall–Kier alpha value is -3.82. The number of halogens is 3. The van der Waals surface area contributed by atoms with Gasteiger partial charge in [-0.05, 0) is 41.8 Å². The summed E-state index contributed by atoms with van der Waals surface area (Å²) in [6.45, 7) is 2.74. The molecule has 0 bridgehead atoms. The van der Waals surface area contributed by atoms with E-state index in [2.05, 4.69) is 20.0 Å². The fraction of sp³-hybridized carbons (Fsp3) is 0.292. The predicted molar refractivity (Wildman–Crippen MR) is 120 cm³/mol. The van der Waals surface area contributed by atoms with E-state index >= 15 is 0 Å².